The van der Waals surface area contributed by atoms with Crippen molar-refractivity contribution in [2.75, 3.05) is 25.5 Å². The van der Waals surface area contributed by atoms with Gasteiger partial charge in [0.2, 0.25) is 0 Å². The Labute approximate surface area is 165 Å². The Bertz CT molecular complexity index is 730. The predicted octanol–water partition coefficient (Wildman–Crippen LogP) is 4.30. The van der Waals surface area contributed by atoms with Crippen LogP contribution in [-0.2, 0) is 6.54 Å². The van der Waals surface area contributed by atoms with Gasteiger partial charge in [0, 0.05) is 42.5 Å². The highest BCUT2D eigenvalue weighted by atomic mass is 35.5. The predicted molar refractivity (Wildman–Crippen MR) is 112 cm³/mol. The summed E-state index contributed by atoms with van der Waals surface area (Å²) in [5.74, 6) is 0.813. The van der Waals surface area contributed by atoms with Gasteiger partial charge in [-0.1, -0.05) is 29.8 Å². The zero-order valence-electron chi connectivity index (χ0n) is 14.9. The molecular formula is C20H24ClN3OS. The SMILES string of the molecule is COc1cccc(NC(=S)NC2CCN(Cc3ccc(Cl)cc3)CC2)c1. The monoisotopic (exact) mass is 389 g/mol. The van der Waals surface area contributed by atoms with Crippen LogP contribution < -0.4 is 15.4 Å². The first kappa shape index (κ1) is 19.0. The number of nitrogens with zero attached hydrogens (tertiary/aromatic N) is 1. The number of piperidine rings is 1. The summed E-state index contributed by atoms with van der Waals surface area (Å²) in [5.41, 5.74) is 2.23. The minimum Gasteiger partial charge on any atom is -0.497 e. The summed E-state index contributed by atoms with van der Waals surface area (Å²) in [4.78, 5) is 2.47. The third-order valence-electron chi connectivity index (χ3n) is 4.57. The first-order chi connectivity index (χ1) is 12.6. The lowest BCUT2D eigenvalue weighted by Crippen LogP contribution is -2.45. The lowest BCUT2D eigenvalue weighted by molar-refractivity contribution is 0.199. The zero-order valence-corrected chi connectivity index (χ0v) is 16.4. The van der Waals surface area contributed by atoms with Crippen LogP contribution in [0.25, 0.3) is 0 Å². The van der Waals surface area contributed by atoms with E-state index >= 15 is 0 Å². The van der Waals surface area contributed by atoms with E-state index < -0.39 is 0 Å². The average Bonchev–Trinajstić information content (AvgIpc) is 2.65. The van der Waals surface area contributed by atoms with Crippen molar-refractivity contribution in [1.29, 1.82) is 0 Å². The highest BCUT2D eigenvalue weighted by Crippen LogP contribution is 2.18. The molecule has 0 unspecified atom stereocenters. The first-order valence-corrected chi connectivity index (χ1v) is 9.59. The van der Waals surface area contributed by atoms with Crippen molar-refractivity contribution < 1.29 is 4.74 Å². The molecule has 2 N–H and O–H groups in total. The Balaban J connectivity index is 1.43. The summed E-state index contributed by atoms with van der Waals surface area (Å²) in [6.07, 6.45) is 2.15. The molecule has 0 radical (unpaired) electrons. The number of thiocarbonyl (C=S) groups is 1. The van der Waals surface area contributed by atoms with Crippen LogP contribution in [0.2, 0.25) is 5.02 Å². The summed E-state index contributed by atoms with van der Waals surface area (Å²) >= 11 is 11.4. The van der Waals surface area contributed by atoms with Gasteiger partial charge in [0.1, 0.15) is 5.75 Å². The second kappa shape index (κ2) is 9.21. The van der Waals surface area contributed by atoms with Crippen LogP contribution in [-0.4, -0.2) is 36.3 Å². The molecule has 26 heavy (non-hydrogen) atoms. The number of rotatable bonds is 5. The molecule has 0 spiro atoms. The fourth-order valence-corrected chi connectivity index (χ4v) is 3.55. The number of halogens is 1. The zero-order chi connectivity index (χ0) is 18.4. The first-order valence-electron chi connectivity index (χ1n) is 8.81. The summed E-state index contributed by atoms with van der Waals surface area (Å²) in [6, 6.07) is 16.3. The van der Waals surface area contributed by atoms with Crippen molar-refractivity contribution >= 4 is 34.6 Å². The fraction of sp³-hybridized carbons (Fsp3) is 0.350. The smallest absolute Gasteiger partial charge is 0.170 e. The van der Waals surface area contributed by atoms with Gasteiger partial charge in [0.25, 0.3) is 0 Å². The molecule has 0 saturated carbocycles. The van der Waals surface area contributed by atoms with Crippen LogP contribution in [0.5, 0.6) is 5.75 Å². The molecule has 1 heterocycles. The minimum absolute atomic E-state index is 0.405. The van der Waals surface area contributed by atoms with E-state index in [9.17, 15) is 0 Å². The topological polar surface area (TPSA) is 36.5 Å². The molecule has 1 fully saturated rings. The molecule has 0 atom stereocenters. The summed E-state index contributed by atoms with van der Waals surface area (Å²) in [7, 11) is 1.66. The molecular weight excluding hydrogens is 366 g/mol. The average molecular weight is 390 g/mol. The molecule has 2 aromatic rings. The number of hydrogen-bond acceptors (Lipinski definition) is 3. The van der Waals surface area contributed by atoms with Gasteiger partial charge in [-0.2, -0.15) is 0 Å². The Morgan fingerprint density at radius 2 is 1.92 bits per heavy atom. The number of benzene rings is 2. The van der Waals surface area contributed by atoms with Crippen molar-refractivity contribution in [3.63, 3.8) is 0 Å². The molecule has 138 valence electrons. The minimum atomic E-state index is 0.405. The number of ether oxygens (including phenoxy) is 1. The van der Waals surface area contributed by atoms with Gasteiger partial charge in [-0.15, -0.1) is 0 Å². The van der Waals surface area contributed by atoms with Crippen LogP contribution in [0.3, 0.4) is 0 Å². The molecule has 1 saturated heterocycles. The Morgan fingerprint density at radius 1 is 1.19 bits per heavy atom. The van der Waals surface area contributed by atoms with Gasteiger partial charge in [-0.25, -0.2) is 0 Å². The highest BCUT2D eigenvalue weighted by Gasteiger charge is 2.19. The van der Waals surface area contributed by atoms with E-state index in [0.717, 1.165) is 48.9 Å². The summed E-state index contributed by atoms with van der Waals surface area (Å²) in [6.45, 7) is 3.08. The van der Waals surface area contributed by atoms with Crippen LogP contribution in [0, 0.1) is 0 Å². The molecule has 1 aliphatic heterocycles. The van der Waals surface area contributed by atoms with Gasteiger partial charge in [-0.3, -0.25) is 4.90 Å². The fourth-order valence-electron chi connectivity index (χ4n) is 3.14. The molecule has 0 amide bonds. The second-order valence-corrected chi connectivity index (χ2v) is 7.35. The van der Waals surface area contributed by atoms with E-state index in [1.54, 1.807) is 7.11 Å². The van der Waals surface area contributed by atoms with Crippen molar-refractivity contribution in [1.82, 2.24) is 10.2 Å². The summed E-state index contributed by atoms with van der Waals surface area (Å²) in [5, 5.41) is 8.11. The number of likely N-dealkylation sites (tertiary alicyclic amines) is 1. The Hall–Kier alpha value is -1.82. The molecule has 2 aromatic carbocycles. The van der Waals surface area contributed by atoms with Crippen LogP contribution in [0.4, 0.5) is 5.69 Å². The third-order valence-corrected chi connectivity index (χ3v) is 5.04. The van der Waals surface area contributed by atoms with E-state index in [-0.39, 0.29) is 0 Å². The van der Waals surface area contributed by atoms with Crippen molar-refractivity contribution in [3.05, 3.63) is 59.1 Å². The number of nitrogens with one attached hydrogen (secondary N) is 2. The van der Waals surface area contributed by atoms with Gasteiger partial charge in [-0.05, 0) is 54.9 Å². The highest BCUT2D eigenvalue weighted by molar-refractivity contribution is 7.80. The van der Waals surface area contributed by atoms with E-state index in [1.165, 1.54) is 5.56 Å². The number of anilines is 1. The van der Waals surface area contributed by atoms with Crippen LogP contribution in [0.15, 0.2) is 48.5 Å². The number of hydrogen-bond donors (Lipinski definition) is 2. The third kappa shape index (κ3) is 5.59. The van der Waals surface area contributed by atoms with E-state index in [1.807, 2.05) is 36.4 Å². The number of methoxy groups -OCH3 is 1. The lowest BCUT2D eigenvalue weighted by atomic mass is 10.0. The van der Waals surface area contributed by atoms with Gasteiger partial charge < -0.3 is 15.4 Å². The molecule has 4 nitrogen and oxygen atoms in total. The van der Waals surface area contributed by atoms with E-state index in [4.69, 9.17) is 28.6 Å². The van der Waals surface area contributed by atoms with Crippen molar-refractivity contribution in [2.24, 2.45) is 0 Å². The molecule has 3 rings (SSSR count). The van der Waals surface area contributed by atoms with Gasteiger partial charge in [0.15, 0.2) is 5.11 Å². The molecule has 1 aliphatic rings. The maximum Gasteiger partial charge on any atom is 0.170 e. The molecule has 6 heteroatoms. The normalized spacial score (nSPS) is 15.5. The summed E-state index contributed by atoms with van der Waals surface area (Å²) < 4.78 is 5.24. The molecule has 0 aromatic heterocycles. The van der Waals surface area contributed by atoms with Crippen LogP contribution >= 0.6 is 23.8 Å². The molecule has 0 aliphatic carbocycles. The maximum atomic E-state index is 5.95. The second-order valence-electron chi connectivity index (χ2n) is 6.51. The van der Waals surface area contributed by atoms with E-state index in [0.29, 0.717) is 11.2 Å². The molecule has 0 bridgehead atoms. The lowest BCUT2D eigenvalue weighted by Gasteiger charge is -2.33. The Morgan fingerprint density at radius 3 is 2.62 bits per heavy atom. The van der Waals surface area contributed by atoms with E-state index in [2.05, 4.69) is 27.7 Å². The standard InChI is InChI=1S/C20H24ClN3OS/c1-25-19-4-2-3-18(13-19)23-20(26)22-17-9-11-24(12-10-17)14-15-5-7-16(21)8-6-15/h2-8,13,17H,9-12,14H2,1H3,(H2,22,23,26). The maximum absolute atomic E-state index is 5.95. The quantitative estimate of drug-likeness (QED) is 0.745. The largest absolute Gasteiger partial charge is 0.497 e. The van der Waals surface area contributed by atoms with Gasteiger partial charge >= 0.3 is 0 Å². The van der Waals surface area contributed by atoms with Gasteiger partial charge in [0.05, 0.1) is 7.11 Å². The van der Waals surface area contributed by atoms with Crippen LogP contribution in [0.1, 0.15) is 18.4 Å². The van der Waals surface area contributed by atoms with Crippen molar-refractivity contribution in [2.45, 2.75) is 25.4 Å². The van der Waals surface area contributed by atoms with Crippen molar-refractivity contribution in [3.8, 4) is 5.75 Å². The Kier molecular flexibility index (Phi) is 6.72.